The molecule has 0 rings (SSSR count). The molecule has 0 aromatic rings. The minimum Gasteiger partial charge on any atom is -0.0925 e. The quantitative estimate of drug-likeness (QED) is 0.617. The number of hydrogen-bond donors (Lipinski definition) is 0. The summed E-state index contributed by atoms with van der Waals surface area (Å²) in [7, 11) is 0. The van der Waals surface area contributed by atoms with Gasteiger partial charge in [0.15, 0.2) is 0 Å². The van der Waals surface area contributed by atoms with Crippen molar-refractivity contribution in [2.45, 2.75) is 4.83 Å². The maximum Gasteiger partial charge on any atom is 0.0229 e. The van der Waals surface area contributed by atoms with Gasteiger partial charge in [0.25, 0.3) is 0 Å². The van der Waals surface area contributed by atoms with E-state index in [0.717, 1.165) is 16.0 Å². The smallest absolute Gasteiger partial charge is 0.0229 e. The highest BCUT2D eigenvalue weighted by atomic mass is 79.9. The highest BCUT2D eigenvalue weighted by molar-refractivity contribution is 9.10. The first-order chi connectivity index (χ1) is 4.76. The Balaban J connectivity index is 3.53. The summed E-state index contributed by atoms with van der Waals surface area (Å²) in [5, 5.41) is 2.99. The number of halogens is 4. The maximum atomic E-state index is 3.58. The van der Waals surface area contributed by atoms with Crippen LogP contribution in [-0.2, 0) is 0 Å². The Morgan fingerprint density at radius 3 is 1.90 bits per heavy atom. The van der Waals surface area contributed by atoms with Crippen molar-refractivity contribution in [3.8, 4) is 0 Å². The van der Waals surface area contributed by atoms with Crippen LogP contribution in [0.3, 0.4) is 0 Å². The average molecular weight is 401 g/mol. The van der Waals surface area contributed by atoms with Crippen molar-refractivity contribution >= 4 is 63.7 Å². The standard InChI is InChI=1S/C6H9Br4/c7-2-1-6(10)5(3-8)4-9/h1,5-6H,2-4H2. The SMILES string of the molecule is BrC[CH]C(Br)C(CBr)CBr. The van der Waals surface area contributed by atoms with Crippen LogP contribution in [0.4, 0.5) is 0 Å². The summed E-state index contributed by atoms with van der Waals surface area (Å²) in [6, 6.07) is 0. The minimum absolute atomic E-state index is 0.491. The van der Waals surface area contributed by atoms with Crippen LogP contribution in [0, 0.1) is 12.3 Å². The molecule has 1 unspecified atom stereocenters. The third kappa shape index (κ3) is 4.73. The van der Waals surface area contributed by atoms with E-state index in [1.165, 1.54) is 0 Å². The molecule has 0 fully saturated rings. The molecule has 0 aliphatic carbocycles. The van der Waals surface area contributed by atoms with Crippen LogP contribution >= 0.6 is 63.7 Å². The first kappa shape index (κ1) is 11.9. The van der Waals surface area contributed by atoms with E-state index in [9.17, 15) is 0 Å². The fraction of sp³-hybridized carbons (Fsp3) is 0.833. The van der Waals surface area contributed by atoms with Gasteiger partial charge in [-0.05, 0) is 12.3 Å². The van der Waals surface area contributed by atoms with E-state index >= 15 is 0 Å². The van der Waals surface area contributed by atoms with Gasteiger partial charge in [0, 0.05) is 20.8 Å². The van der Waals surface area contributed by atoms with Crippen LogP contribution in [0.15, 0.2) is 0 Å². The summed E-state index contributed by atoms with van der Waals surface area (Å²) in [4.78, 5) is 0.491. The van der Waals surface area contributed by atoms with Crippen LogP contribution in [0.1, 0.15) is 0 Å². The van der Waals surface area contributed by atoms with E-state index in [1.807, 2.05) is 0 Å². The summed E-state index contributed by atoms with van der Waals surface area (Å²) < 4.78 is 0. The Bertz CT molecular complexity index is 72.1. The summed E-state index contributed by atoms with van der Waals surface area (Å²) in [6.45, 7) is 0. The van der Waals surface area contributed by atoms with Crippen molar-refractivity contribution < 1.29 is 0 Å². The van der Waals surface area contributed by atoms with Crippen LogP contribution < -0.4 is 0 Å². The van der Waals surface area contributed by atoms with Crippen LogP contribution in [0.2, 0.25) is 0 Å². The lowest BCUT2D eigenvalue weighted by atomic mass is 10.1. The van der Waals surface area contributed by atoms with Crippen molar-refractivity contribution in [2.24, 2.45) is 5.92 Å². The van der Waals surface area contributed by atoms with Gasteiger partial charge in [0.05, 0.1) is 0 Å². The Morgan fingerprint density at radius 1 is 1.10 bits per heavy atom. The zero-order valence-corrected chi connectivity index (χ0v) is 11.7. The van der Waals surface area contributed by atoms with E-state index in [4.69, 9.17) is 0 Å². The lowest BCUT2D eigenvalue weighted by Gasteiger charge is -2.15. The van der Waals surface area contributed by atoms with Gasteiger partial charge in [-0.15, -0.1) is 0 Å². The predicted octanol–water partition coefficient (Wildman–Crippen LogP) is 3.76. The topological polar surface area (TPSA) is 0 Å². The Labute approximate surface area is 96.0 Å². The number of alkyl halides is 4. The van der Waals surface area contributed by atoms with Crippen molar-refractivity contribution in [3.05, 3.63) is 6.42 Å². The zero-order valence-electron chi connectivity index (χ0n) is 5.37. The second kappa shape index (κ2) is 7.56. The molecule has 0 aliphatic heterocycles. The molecule has 0 aliphatic rings. The summed E-state index contributed by atoms with van der Waals surface area (Å²) in [5.74, 6) is 0.637. The van der Waals surface area contributed by atoms with Gasteiger partial charge >= 0.3 is 0 Å². The predicted molar refractivity (Wildman–Crippen MR) is 61.9 cm³/mol. The van der Waals surface area contributed by atoms with Crippen molar-refractivity contribution in [1.29, 1.82) is 0 Å². The molecule has 0 N–H and O–H groups in total. The second-order valence-corrected chi connectivity index (χ2v) is 4.90. The average Bonchev–Trinajstić information content (AvgIpc) is 1.91. The molecule has 1 radical (unpaired) electrons. The summed E-state index contributed by atoms with van der Waals surface area (Å²) in [5.41, 5.74) is 0. The largest absolute Gasteiger partial charge is 0.0925 e. The van der Waals surface area contributed by atoms with Crippen molar-refractivity contribution in [3.63, 3.8) is 0 Å². The van der Waals surface area contributed by atoms with Gasteiger partial charge in [0.2, 0.25) is 0 Å². The van der Waals surface area contributed by atoms with Gasteiger partial charge in [-0.25, -0.2) is 0 Å². The van der Waals surface area contributed by atoms with Gasteiger partial charge in [0.1, 0.15) is 0 Å². The minimum atomic E-state index is 0.491. The molecule has 0 saturated heterocycles. The fourth-order valence-corrected chi connectivity index (χ4v) is 4.84. The molecule has 61 valence electrons. The molecule has 0 nitrogen and oxygen atoms in total. The van der Waals surface area contributed by atoms with Gasteiger partial charge in [-0.2, -0.15) is 0 Å². The Morgan fingerprint density at radius 2 is 1.60 bits per heavy atom. The highest BCUT2D eigenvalue weighted by Crippen LogP contribution is 2.20. The fourth-order valence-electron chi connectivity index (χ4n) is 0.489. The zero-order chi connectivity index (χ0) is 7.98. The summed E-state index contributed by atoms with van der Waals surface area (Å²) in [6.07, 6.45) is 2.20. The third-order valence-corrected chi connectivity index (χ3v) is 4.32. The van der Waals surface area contributed by atoms with Crippen LogP contribution in [0.5, 0.6) is 0 Å². The first-order valence-electron chi connectivity index (χ1n) is 2.91. The van der Waals surface area contributed by atoms with Crippen molar-refractivity contribution in [1.82, 2.24) is 0 Å². The summed E-state index contributed by atoms with van der Waals surface area (Å²) >= 11 is 13.8. The van der Waals surface area contributed by atoms with E-state index in [2.05, 4.69) is 70.1 Å². The molecular formula is C6H9Br4. The van der Waals surface area contributed by atoms with Crippen LogP contribution in [0.25, 0.3) is 0 Å². The monoisotopic (exact) mass is 397 g/mol. The number of hydrogen-bond acceptors (Lipinski definition) is 0. The Kier molecular flexibility index (Phi) is 9.02. The lowest BCUT2D eigenvalue weighted by molar-refractivity contribution is 0.697. The van der Waals surface area contributed by atoms with Gasteiger partial charge < -0.3 is 0 Å². The van der Waals surface area contributed by atoms with Gasteiger partial charge in [-0.3, -0.25) is 0 Å². The molecule has 0 aromatic heterocycles. The first-order valence-corrected chi connectivity index (χ1v) is 7.19. The molecule has 4 heteroatoms. The molecule has 0 spiro atoms. The maximum absolute atomic E-state index is 3.58. The molecule has 0 saturated carbocycles. The Hall–Kier alpha value is 1.92. The molecule has 0 amide bonds. The van der Waals surface area contributed by atoms with E-state index in [-0.39, 0.29) is 0 Å². The molecule has 1 atom stereocenters. The highest BCUT2D eigenvalue weighted by Gasteiger charge is 2.15. The normalized spacial score (nSPS) is 14.1. The lowest BCUT2D eigenvalue weighted by Crippen LogP contribution is -2.18. The third-order valence-electron chi connectivity index (χ3n) is 1.16. The van der Waals surface area contributed by atoms with E-state index < -0.39 is 0 Å². The molecule has 0 aromatic carbocycles. The van der Waals surface area contributed by atoms with Crippen LogP contribution in [-0.4, -0.2) is 20.8 Å². The second-order valence-electron chi connectivity index (χ2n) is 1.90. The van der Waals surface area contributed by atoms with E-state index in [0.29, 0.717) is 10.7 Å². The number of rotatable bonds is 5. The van der Waals surface area contributed by atoms with Crippen molar-refractivity contribution in [2.75, 3.05) is 16.0 Å². The van der Waals surface area contributed by atoms with Gasteiger partial charge in [-0.1, -0.05) is 63.7 Å². The molecular weight excluding hydrogens is 392 g/mol. The van der Waals surface area contributed by atoms with E-state index in [1.54, 1.807) is 0 Å². The molecule has 0 bridgehead atoms. The molecule has 0 heterocycles. The molecule has 10 heavy (non-hydrogen) atoms.